The van der Waals surface area contributed by atoms with Crippen LogP contribution in [0.2, 0.25) is 0 Å². The van der Waals surface area contributed by atoms with Crippen LogP contribution >= 0.6 is 0 Å². The van der Waals surface area contributed by atoms with Crippen molar-refractivity contribution in [3.8, 4) is 0 Å². The van der Waals surface area contributed by atoms with Gasteiger partial charge in [-0.3, -0.25) is 0 Å². The van der Waals surface area contributed by atoms with E-state index >= 15 is 0 Å². The van der Waals surface area contributed by atoms with E-state index in [0.29, 0.717) is 12.4 Å². The van der Waals surface area contributed by atoms with Crippen LogP contribution < -0.4 is 5.32 Å². The first-order valence-corrected chi connectivity index (χ1v) is 7.19. The topological polar surface area (TPSA) is 99.3 Å². The van der Waals surface area contributed by atoms with Gasteiger partial charge in [-0.2, -0.15) is 0 Å². The number of alkyl carbamates (subject to hydrolysis) is 1. The number of ether oxygens (including phenoxy) is 1. The van der Waals surface area contributed by atoms with E-state index in [1.54, 1.807) is 6.92 Å². The summed E-state index contributed by atoms with van der Waals surface area (Å²) in [5.41, 5.74) is 0. The molecule has 1 aliphatic rings. The maximum atomic E-state index is 11.7. The number of nitrogens with one attached hydrogen (secondary N) is 1. The summed E-state index contributed by atoms with van der Waals surface area (Å²) in [5.74, 6) is 0.471. The van der Waals surface area contributed by atoms with Gasteiger partial charge in [-0.05, 0) is 30.6 Å². The summed E-state index contributed by atoms with van der Waals surface area (Å²) in [6, 6.07) is 0. The van der Waals surface area contributed by atoms with Crippen LogP contribution in [-0.2, 0) is 11.3 Å². The maximum Gasteiger partial charge on any atom is 0.407 e. The van der Waals surface area contributed by atoms with E-state index < -0.39 is 11.0 Å². The third-order valence-corrected chi connectivity index (χ3v) is 3.65. The number of amides is 1. The van der Waals surface area contributed by atoms with Gasteiger partial charge in [0.2, 0.25) is 0 Å². The van der Waals surface area contributed by atoms with Crippen molar-refractivity contribution < 1.29 is 14.5 Å². The van der Waals surface area contributed by atoms with Gasteiger partial charge in [0.05, 0.1) is 6.54 Å². The number of aryl methyl sites for hydroxylation is 1. The van der Waals surface area contributed by atoms with Crippen LogP contribution in [0.1, 0.15) is 37.9 Å². The Morgan fingerprint density at radius 2 is 2.24 bits per heavy atom. The molecule has 1 saturated carbocycles. The van der Waals surface area contributed by atoms with E-state index in [-0.39, 0.29) is 18.5 Å². The zero-order chi connectivity index (χ0) is 15.2. The lowest BCUT2D eigenvalue weighted by Gasteiger charge is -2.21. The first-order chi connectivity index (χ1) is 10.1. The summed E-state index contributed by atoms with van der Waals surface area (Å²) in [5, 5.41) is 13.5. The second-order valence-corrected chi connectivity index (χ2v) is 5.16. The van der Waals surface area contributed by atoms with Crippen LogP contribution in [0.5, 0.6) is 0 Å². The zero-order valence-corrected chi connectivity index (χ0v) is 12.1. The van der Waals surface area contributed by atoms with E-state index in [4.69, 9.17) is 4.74 Å². The van der Waals surface area contributed by atoms with Crippen LogP contribution in [0, 0.1) is 17.0 Å². The summed E-state index contributed by atoms with van der Waals surface area (Å²) in [7, 11) is 0. The molecule has 0 saturated heterocycles. The summed E-state index contributed by atoms with van der Waals surface area (Å²) in [4.78, 5) is 25.9. The van der Waals surface area contributed by atoms with E-state index in [9.17, 15) is 14.9 Å². The fraction of sp³-hybridized carbons (Fsp3) is 0.692. The van der Waals surface area contributed by atoms with Crippen molar-refractivity contribution in [2.45, 2.75) is 51.7 Å². The van der Waals surface area contributed by atoms with Crippen LogP contribution in [0.3, 0.4) is 0 Å². The molecular formula is C13H20N4O4. The normalized spacial score (nSPS) is 15.7. The zero-order valence-electron chi connectivity index (χ0n) is 12.1. The van der Waals surface area contributed by atoms with Crippen molar-refractivity contribution in [3.63, 3.8) is 0 Å². The van der Waals surface area contributed by atoms with Gasteiger partial charge in [-0.1, -0.05) is 6.42 Å². The number of nitro groups is 1. The van der Waals surface area contributed by atoms with Gasteiger partial charge < -0.3 is 20.2 Å². The fourth-order valence-corrected chi connectivity index (χ4v) is 2.52. The molecule has 8 heteroatoms. The first-order valence-electron chi connectivity index (χ1n) is 7.19. The minimum Gasteiger partial charge on any atom is -0.446 e. The molecule has 0 atom stereocenters. The van der Waals surface area contributed by atoms with Gasteiger partial charge in [-0.15, -0.1) is 0 Å². The summed E-state index contributed by atoms with van der Waals surface area (Å²) in [6.45, 7) is 2.25. The molecular weight excluding hydrogens is 276 g/mol. The Morgan fingerprint density at radius 1 is 1.52 bits per heavy atom. The van der Waals surface area contributed by atoms with Crippen molar-refractivity contribution in [1.82, 2.24) is 14.9 Å². The summed E-state index contributed by atoms with van der Waals surface area (Å²) in [6.07, 6.45) is 5.99. The molecule has 1 aromatic rings. The lowest BCUT2D eigenvalue weighted by molar-refractivity contribution is -0.392. The number of hydrogen-bond acceptors (Lipinski definition) is 5. The van der Waals surface area contributed by atoms with Crippen LogP contribution in [0.4, 0.5) is 10.6 Å². The van der Waals surface area contributed by atoms with E-state index in [1.165, 1.54) is 17.2 Å². The molecule has 1 aliphatic carbocycles. The highest BCUT2D eigenvalue weighted by atomic mass is 16.6. The number of nitrogens with zero attached hydrogens (tertiary/aromatic N) is 3. The molecule has 0 bridgehead atoms. The highest BCUT2D eigenvalue weighted by Gasteiger charge is 2.19. The molecule has 0 aromatic carbocycles. The average molecular weight is 296 g/mol. The molecule has 21 heavy (non-hydrogen) atoms. The molecule has 1 aromatic heterocycles. The molecule has 0 unspecified atom stereocenters. The molecule has 1 N–H and O–H groups in total. The molecule has 0 aliphatic heterocycles. The van der Waals surface area contributed by atoms with Crippen LogP contribution in [0.25, 0.3) is 0 Å². The predicted molar refractivity (Wildman–Crippen MR) is 75.0 cm³/mol. The number of hydrogen-bond donors (Lipinski definition) is 1. The third-order valence-electron chi connectivity index (χ3n) is 3.65. The lowest BCUT2D eigenvalue weighted by atomic mass is 9.98. The monoisotopic (exact) mass is 296 g/mol. The summed E-state index contributed by atoms with van der Waals surface area (Å²) < 4.78 is 6.77. The van der Waals surface area contributed by atoms with Crippen molar-refractivity contribution in [1.29, 1.82) is 0 Å². The Bertz CT molecular complexity index is 508. The Hall–Kier alpha value is -2.12. The number of carbonyl (C=O) groups is 1. The second-order valence-electron chi connectivity index (χ2n) is 5.16. The van der Waals surface area contributed by atoms with Crippen molar-refractivity contribution in [3.05, 3.63) is 22.1 Å². The average Bonchev–Trinajstić information content (AvgIpc) is 2.81. The van der Waals surface area contributed by atoms with Crippen LogP contribution in [-0.4, -0.2) is 33.2 Å². The molecule has 8 nitrogen and oxygen atoms in total. The van der Waals surface area contributed by atoms with E-state index in [0.717, 1.165) is 25.7 Å². The number of aromatic nitrogens is 2. The molecule has 116 valence electrons. The number of imidazole rings is 1. The standard InChI is InChI=1S/C13H20N4O4/c1-10-15-9-12(17(19)20)16(10)8-7-14-13(18)21-11-5-3-2-4-6-11/h9,11H,2-8H2,1H3,(H,14,18). The quantitative estimate of drug-likeness (QED) is 0.663. The van der Waals surface area contributed by atoms with Gasteiger partial charge in [0, 0.05) is 6.92 Å². The van der Waals surface area contributed by atoms with E-state index in [2.05, 4.69) is 10.3 Å². The largest absolute Gasteiger partial charge is 0.446 e. The predicted octanol–water partition coefficient (Wildman–Crippen LogP) is 2.16. The molecule has 1 fully saturated rings. The van der Waals surface area contributed by atoms with Crippen molar-refractivity contribution in [2.24, 2.45) is 0 Å². The van der Waals surface area contributed by atoms with E-state index in [1.807, 2.05) is 0 Å². The Balaban J connectivity index is 1.77. The highest BCUT2D eigenvalue weighted by molar-refractivity contribution is 5.67. The van der Waals surface area contributed by atoms with Gasteiger partial charge in [0.15, 0.2) is 5.82 Å². The SMILES string of the molecule is Cc1ncc([N+](=O)[O-])n1CCNC(=O)OC1CCCCC1. The molecule has 2 rings (SSSR count). The fourth-order valence-electron chi connectivity index (χ4n) is 2.52. The number of rotatable bonds is 5. The number of carbonyl (C=O) groups excluding carboxylic acids is 1. The Morgan fingerprint density at radius 3 is 2.90 bits per heavy atom. The Kier molecular flexibility index (Phi) is 5.13. The van der Waals surface area contributed by atoms with Gasteiger partial charge >= 0.3 is 11.9 Å². The molecule has 0 radical (unpaired) electrons. The summed E-state index contributed by atoms with van der Waals surface area (Å²) >= 11 is 0. The smallest absolute Gasteiger partial charge is 0.407 e. The maximum absolute atomic E-state index is 11.7. The van der Waals surface area contributed by atoms with Gasteiger partial charge in [-0.25, -0.2) is 14.3 Å². The van der Waals surface area contributed by atoms with Gasteiger partial charge in [0.1, 0.15) is 18.8 Å². The van der Waals surface area contributed by atoms with Crippen molar-refractivity contribution >= 4 is 11.9 Å². The second kappa shape index (κ2) is 7.05. The molecule has 1 amide bonds. The lowest BCUT2D eigenvalue weighted by Crippen LogP contribution is -2.32. The van der Waals surface area contributed by atoms with Crippen molar-refractivity contribution in [2.75, 3.05) is 6.54 Å². The minimum atomic E-state index is -0.486. The van der Waals surface area contributed by atoms with Crippen LogP contribution in [0.15, 0.2) is 6.20 Å². The highest BCUT2D eigenvalue weighted by Crippen LogP contribution is 2.20. The third kappa shape index (κ3) is 4.17. The minimum absolute atomic E-state index is 0.00284. The molecule has 0 spiro atoms. The van der Waals surface area contributed by atoms with Gasteiger partial charge in [0.25, 0.3) is 0 Å². The Labute approximate surface area is 122 Å². The molecule has 1 heterocycles. The first kappa shape index (κ1) is 15.3.